The smallest absolute Gasteiger partial charge is 0.225 e. The van der Waals surface area contributed by atoms with Gasteiger partial charge in [-0.3, -0.25) is 4.79 Å². The predicted octanol–water partition coefficient (Wildman–Crippen LogP) is 0.934. The standard InChI is InChI=1S/C15H20N4O/c1-2-19-13-6-4-3-5-12(13)18-14(19)7-8-17-15(20)11-9-16-10-11/h3-6,11,16H,2,7-10H2,1H3,(H,17,20). The van der Waals surface area contributed by atoms with Gasteiger partial charge < -0.3 is 15.2 Å². The van der Waals surface area contributed by atoms with Gasteiger partial charge in [0.15, 0.2) is 0 Å². The van der Waals surface area contributed by atoms with E-state index in [0.29, 0.717) is 6.54 Å². The molecule has 0 aliphatic carbocycles. The summed E-state index contributed by atoms with van der Waals surface area (Å²) in [5.41, 5.74) is 2.19. The monoisotopic (exact) mass is 272 g/mol. The van der Waals surface area contributed by atoms with Crippen molar-refractivity contribution in [3.8, 4) is 0 Å². The molecule has 0 spiro atoms. The highest BCUT2D eigenvalue weighted by molar-refractivity contribution is 5.80. The SMILES string of the molecule is CCn1c(CCNC(=O)C2CNC2)nc2ccccc21. The number of carbonyl (C=O) groups excluding carboxylic acids is 1. The van der Waals surface area contributed by atoms with Crippen LogP contribution in [0.3, 0.4) is 0 Å². The molecule has 3 rings (SSSR count). The van der Waals surface area contributed by atoms with Gasteiger partial charge in [-0.25, -0.2) is 4.98 Å². The predicted molar refractivity (Wildman–Crippen MR) is 78.5 cm³/mol. The molecule has 0 bridgehead atoms. The van der Waals surface area contributed by atoms with Gasteiger partial charge in [-0.1, -0.05) is 12.1 Å². The van der Waals surface area contributed by atoms with E-state index < -0.39 is 0 Å². The van der Waals surface area contributed by atoms with Gasteiger partial charge >= 0.3 is 0 Å². The minimum atomic E-state index is 0.153. The number of para-hydroxylation sites is 2. The number of rotatable bonds is 5. The molecule has 106 valence electrons. The lowest BCUT2D eigenvalue weighted by molar-refractivity contribution is -0.126. The summed E-state index contributed by atoms with van der Waals surface area (Å²) in [6, 6.07) is 8.16. The quantitative estimate of drug-likeness (QED) is 0.851. The van der Waals surface area contributed by atoms with E-state index in [1.54, 1.807) is 0 Å². The third kappa shape index (κ3) is 2.41. The summed E-state index contributed by atoms with van der Waals surface area (Å²) in [6.07, 6.45) is 0.772. The molecule has 0 atom stereocenters. The van der Waals surface area contributed by atoms with Gasteiger partial charge in [-0.05, 0) is 19.1 Å². The molecule has 5 heteroatoms. The maximum Gasteiger partial charge on any atom is 0.225 e. The average molecular weight is 272 g/mol. The summed E-state index contributed by atoms with van der Waals surface area (Å²) in [5.74, 6) is 1.35. The lowest BCUT2D eigenvalue weighted by Gasteiger charge is -2.25. The molecule has 1 aromatic carbocycles. The highest BCUT2D eigenvalue weighted by Gasteiger charge is 2.24. The Morgan fingerprint density at radius 1 is 1.45 bits per heavy atom. The first-order chi connectivity index (χ1) is 9.79. The summed E-state index contributed by atoms with van der Waals surface area (Å²) < 4.78 is 2.21. The van der Waals surface area contributed by atoms with Crippen molar-refractivity contribution < 1.29 is 4.79 Å². The molecule has 0 radical (unpaired) electrons. The van der Waals surface area contributed by atoms with Crippen LogP contribution in [-0.4, -0.2) is 35.1 Å². The molecule has 1 aromatic heterocycles. The molecule has 0 unspecified atom stereocenters. The number of hydrogen-bond acceptors (Lipinski definition) is 3. The highest BCUT2D eigenvalue weighted by atomic mass is 16.2. The molecule has 1 aliphatic heterocycles. The van der Waals surface area contributed by atoms with Crippen molar-refractivity contribution in [3.63, 3.8) is 0 Å². The van der Waals surface area contributed by atoms with Crippen LogP contribution < -0.4 is 10.6 Å². The van der Waals surface area contributed by atoms with Crippen LogP contribution in [-0.2, 0) is 17.8 Å². The lowest BCUT2D eigenvalue weighted by atomic mass is 10.0. The number of amides is 1. The molecule has 5 nitrogen and oxygen atoms in total. The van der Waals surface area contributed by atoms with E-state index in [4.69, 9.17) is 0 Å². The first-order valence-electron chi connectivity index (χ1n) is 7.22. The first kappa shape index (κ1) is 13.1. The van der Waals surface area contributed by atoms with E-state index in [1.807, 2.05) is 18.2 Å². The maximum atomic E-state index is 11.8. The van der Waals surface area contributed by atoms with Gasteiger partial charge in [0, 0.05) is 32.6 Å². The van der Waals surface area contributed by atoms with E-state index in [1.165, 1.54) is 5.52 Å². The first-order valence-corrected chi connectivity index (χ1v) is 7.22. The Hall–Kier alpha value is -1.88. The number of carbonyl (C=O) groups is 1. The van der Waals surface area contributed by atoms with E-state index >= 15 is 0 Å². The average Bonchev–Trinajstić information content (AvgIpc) is 2.74. The van der Waals surface area contributed by atoms with Crippen LogP contribution in [0.1, 0.15) is 12.7 Å². The van der Waals surface area contributed by atoms with Crippen molar-refractivity contribution in [2.75, 3.05) is 19.6 Å². The minimum Gasteiger partial charge on any atom is -0.355 e. The third-order valence-electron chi connectivity index (χ3n) is 3.85. The van der Waals surface area contributed by atoms with Crippen LogP contribution in [0.2, 0.25) is 0 Å². The zero-order valence-corrected chi connectivity index (χ0v) is 11.7. The van der Waals surface area contributed by atoms with Crippen molar-refractivity contribution in [3.05, 3.63) is 30.1 Å². The molecular weight excluding hydrogens is 252 g/mol. The van der Waals surface area contributed by atoms with Gasteiger partial charge in [0.05, 0.1) is 17.0 Å². The second-order valence-electron chi connectivity index (χ2n) is 5.16. The highest BCUT2D eigenvalue weighted by Crippen LogP contribution is 2.16. The second kappa shape index (κ2) is 5.63. The van der Waals surface area contributed by atoms with E-state index in [2.05, 4.69) is 33.2 Å². The van der Waals surface area contributed by atoms with Crippen LogP contribution in [0.5, 0.6) is 0 Å². The van der Waals surface area contributed by atoms with Crippen LogP contribution >= 0.6 is 0 Å². The molecule has 2 N–H and O–H groups in total. The molecule has 1 fully saturated rings. The normalized spacial score (nSPS) is 15.2. The van der Waals surface area contributed by atoms with Gasteiger partial charge in [-0.15, -0.1) is 0 Å². The molecule has 2 aromatic rings. The number of nitrogens with zero attached hydrogens (tertiary/aromatic N) is 2. The summed E-state index contributed by atoms with van der Waals surface area (Å²) in [7, 11) is 0. The molecule has 2 heterocycles. The van der Waals surface area contributed by atoms with E-state index in [0.717, 1.165) is 37.4 Å². The number of imidazole rings is 1. The molecule has 1 amide bonds. The summed E-state index contributed by atoms with van der Waals surface area (Å²) in [5, 5.41) is 6.11. The Labute approximate surface area is 118 Å². The van der Waals surface area contributed by atoms with Gasteiger partial charge in [-0.2, -0.15) is 0 Å². The number of aromatic nitrogens is 2. The topological polar surface area (TPSA) is 59.0 Å². The molecule has 1 aliphatic rings. The van der Waals surface area contributed by atoms with Gasteiger partial charge in [0.25, 0.3) is 0 Å². The maximum absolute atomic E-state index is 11.8. The zero-order chi connectivity index (χ0) is 13.9. The van der Waals surface area contributed by atoms with Crippen molar-refractivity contribution in [1.29, 1.82) is 0 Å². The number of nitrogens with one attached hydrogen (secondary N) is 2. The largest absolute Gasteiger partial charge is 0.355 e. The van der Waals surface area contributed by atoms with Gasteiger partial charge in [0.1, 0.15) is 5.82 Å². The second-order valence-corrected chi connectivity index (χ2v) is 5.16. The van der Waals surface area contributed by atoms with E-state index in [9.17, 15) is 4.79 Å². The van der Waals surface area contributed by atoms with Crippen LogP contribution in [0.4, 0.5) is 0 Å². The Kier molecular flexibility index (Phi) is 3.69. The Morgan fingerprint density at radius 3 is 2.95 bits per heavy atom. The number of fused-ring (bicyclic) bond motifs is 1. The summed E-state index contributed by atoms with van der Waals surface area (Å²) >= 11 is 0. The van der Waals surface area contributed by atoms with Crippen LogP contribution in [0.15, 0.2) is 24.3 Å². The Bertz CT molecular complexity index is 615. The molecule has 0 saturated carbocycles. The molecule has 1 saturated heterocycles. The minimum absolute atomic E-state index is 0.153. The summed E-state index contributed by atoms with van der Waals surface area (Å²) in [4.78, 5) is 16.4. The number of benzene rings is 1. The zero-order valence-electron chi connectivity index (χ0n) is 11.7. The van der Waals surface area contributed by atoms with Crippen molar-refractivity contribution in [1.82, 2.24) is 20.2 Å². The number of hydrogen-bond donors (Lipinski definition) is 2. The number of aryl methyl sites for hydroxylation is 1. The van der Waals surface area contributed by atoms with Gasteiger partial charge in [0.2, 0.25) is 5.91 Å². The van der Waals surface area contributed by atoms with Crippen molar-refractivity contribution in [2.45, 2.75) is 19.9 Å². The van der Waals surface area contributed by atoms with Crippen LogP contribution in [0.25, 0.3) is 11.0 Å². The van der Waals surface area contributed by atoms with Crippen molar-refractivity contribution >= 4 is 16.9 Å². The van der Waals surface area contributed by atoms with Crippen molar-refractivity contribution in [2.24, 2.45) is 5.92 Å². The fraction of sp³-hybridized carbons (Fsp3) is 0.467. The fourth-order valence-electron chi connectivity index (χ4n) is 2.59. The lowest BCUT2D eigenvalue weighted by Crippen LogP contribution is -2.51. The summed E-state index contributed by atoms with van der Waals surface area (Å²) in [6.45, 7) is 5.28. The third-order valence-corrected chi connectivity index (χ3v) is 3.85. The van der Waals surface area contributed by atoms with E-state index in [-0.39, 0.29) is 11.8 Å². The molecular formula is C15H20N4O. The van der Waals surface area contributed by atoms with Crippen LogP contribution in [0, 0.1) is 5.92 Å². The Balaban J connectivity index is 1.66. The fourth-order valence-corrected chi connectivity index (χ4v) is 2.59. The molecule has 20 heavy (non-hydrogen) atoms. The Morgan fingerprint density at radius 2 is 2.25 bits per heavy atom.